The second kappa shape index (κ2) is 6.60. The number of alkyl halides is 2. The van der Waals surface area contributed by atoms with Crippen molar-refractivity contribution in [3.05, 3.63) is 29.8 Å². The molecule has 0 aromatic heterocycles. The van der Waals surface area contributed by atoms with Gasteiger partial charge in [0.05, 0.1) is 18.1 Å². The van der Waals surface area contributed by atoms with E-state index in [2.05, 4.69) is 24.1 Å². The van der Waals surface area contributed by atoms with Crippen LogP contribution in [0, 0.1) is 5.92 Å². The summed E-state index contributed by atoms with van der Waals surface area (Å²) in [6, 6.07) is 7.88. The van der Waals surface area contributed by atoms with Gasteiger partial charge in [-0.05, 0) is 31.9 Å². The molecule has 3 rings (SSSR count). The van der Waals surface area contributed by atoms with Crippen LogP contribution in [-0.2, 0) is 16.1 Å². The second-order valence-corrected chi connectivity index (χ2v) is 8.16. The third kappa shape index (κ3) is 4.18. The largest absolute Gasteiger partial charge is 0.373 e. The number of carbonyl (C=O) groups excluding carboxylic acids is 1. The first-order valence-electron chi connectivity index (χ1n) is 7.99. The van der Waals surface area contributed by atoms with Crippen LogP contribution in [0.3, 0.4) is 0 Å². The van der Waals surface area contributed by atoms with Gasteiger partial charge in [-0.15, -0.1) is 23.2 Å². The van der Waals surface area contributed by atoms with Gasteiger partial charge in [0.2, 0.25) is 5.91 Å². The lowest BCUT2D eigenvalue weighted by Gasteiger charge is -2.35. The smallest absolute Gasteiger partial charge is 0.230 e. The Morgan fingerprint density at radius 2 is 1.91 bits per heavy atom. The Bertz CT molecular complexity index is 584. The molecule has 6 heteroatoms. The van der Waals surface area contributed by atoms with Crippen molar-refractivity contribution >= 4 is 34.8 Å². The van der Waals surface area contributed by atoms with Crippen molar-refractivity contribution in [3.63, 3.8) is 0 Å². The zero-order valence-corrected chi connectivity index (χ0v) is 14.9. The molecule has 1 heterocycles. The zero-order valence-electron chi connectivity index (χ0n) is 13.4. The Balaban J connectivity index is 1.67. The van der Waals surface area contributed by atoms with Crippen LogP contribution in [0.25, 0.3) is 0 Å². The highest BCUT2D eigenvalue weighted by atomic mass is 35.5. The summed E-state index contributed by atoms with van der Waals surface area (Å²) < 4.78 is 4.88. The monoisotopic (exact) mass is 356 g/mol. The van der Waals surface area contributed by atoms with E-state index in [9.17, 15) is 4.79 Å². The lowest BCUT2D eigenvalue weighted by atomic mass is 10.1. The highest BCUT2D eigenvalue weighted by Gasteiger charge is 2.56. The summed E-state index contributed by atoms with van der Waals surface area (Å²) in [6.07, 6.45) is 0.961. The minimum Gasteiger partial charge on any atom is -0.373 e. The van der Waals surface area contributed by atoms with Gasteiger partial charge < -0.3 is 10.1 Å². The molecule has 3 atom stereocenters. The van der Waals surface area contributed by atoms with Gasteiger partial charge in [-0.3, -0.25) is 9.69 Å². The molecule has 1 saturated heterocycles. The number of benzene rings is 1. The molecule has 0 radical (unpaired) electrons. The van der Waals surface area contributed by atoms with Crippen molar-refractivity contribution in [2.24, 2.45) is 5.92 Å². The van der Waals surface area contributed by atoms with Gasteiger partial charge in [-0.2, -0.15) is 0 Å². The van der Waals surface area contributed by atoms with Crippen molar-refractivity contribution in [2.75, 3.05) is 18.4 Å². The van der Waals surface area contributed by atoms with E-state index in [1.807, 2.05) is 24.3 Å². The van der Waals surface area contributed by atoms with Crippen LogP contribution < -0.4 is 5.32 Å². The highest BCUT2D eigenvalue weighted by Crippen LogP contribution is 2.53. The van der Waals surface area contributed by atoms with E-state index >= 15 is 0 Å². The number of halogens is 2. The Labute approximate surface area is 147 Å². The fraction of sp³-hybridized carbons (Fsp3) is 0.588. The number of nitrogens with one attached hydrogen (secondary N) is 1. The minimum atomic E-state index is -0.895. The molecule has 126 valence electrons. The summed E-state index contributed by atoms with van der Waals surface area (Å²) in [5, 5.41) is 2.97. The topological polar surface area (TPSA) is 41.6 Å². The number of amides is 1. The van der Waals surface area contributed by atoms with Gasteiger partial charge in [-0.1, -0.05) is 18.2 Å². The first-order valence-corrected chi connectivity index (χ1v) is 8.75. The average molecular weight is 357 g/mol. The highest BCUT2D eigenvalue weighted by molar-refractivity contribution is 6.52. The lowest BCUT2D eigenvalue weighted by molar-refractivity contribution is -0.117. The van der Waals surface area contributed by atoms with Crippen molar-refractivity contribution in [3.8, 4) is 0 Å². The third-order valence-corrected chi connectivity index (χ3v) is 5.14. The van der Waals surface area contributed by atoms with Gasteiger partial charge in [0, 0.05) is 25.3 Å². The van der Waals surface area contributed by atoms with Gasteiger partial charge in [0.25, 0.3) is 0 Å². The number of hydrogen-bond acceptors (Lipinski definition) is 3. The Hall–Kier alpha value is -0.810. The maximum atomic E-state index is 12.2. The summed E-state index contributed by atoms with van der Waals surface area (Å²) in [6.45, 7) is 6.74. The number of ether oxygens (including phenoxy) is 1. The van der Waals surface area contributed by atoms with E-state index in [1.54, 1.807) is 0 Å². The normalized spacial score (nSPS) is 30.0. The predicted octanol–water partition coefficient (Wildman–Crippen LogP) is 3.43. The molecule has 0 bridgehead atoms. The average Bonchev–Trinajstić information content (AvgIpc) is 3.09. The molecular formula is C17H22Cl2N2O2. The molecule has 1 amide bonds. The number of nitrogens with zero attached hydrogens (tertiary/aromatic N) is 1. The summed E-state index contributed by atoms with van der Waals surface area (Å²) >= 11 is 12.0. The van der Waals surface area contributed by atoms with Crippen LogP contribution in [-0.4, -0.2) is 40.4 Å². The third-order valence-electron chi connectivity index (χ3n) is 4.31. The molecule has 23 heavy (non-hydrogen) atoms. The van der Waals surface area contributed by atoms with Crippen LogP contribution >= 0.6 is 23.2 Å². The second-order valence-electron chi connectivity index (χ2n) is 6.62. The van der Waals surface area contributed by atoms with Crippen LogP contribution in [0.1, 0.15) is 25.8 Å². The van der Waals surface area contributed by atoms with E-state index in [0.717, 1.165) is 30.9 Å². The van der Waals surface area contributed by atoms with E-state index in [0.29, 0.717) is 6.42 Å². The van der Waals surface area contributed by atoms with Crippen molar-refractivity contribution in [1.82, 2.24) is 4.90 Å². The number of rotatable bonds is 4. The standard InChI is InChI=1S/C17H22Cl2N2O2/c1-11-8-21(9-12(2)23-11)10-13-5-3-4-6-15(13)20-16(22)14-7-17(14,18)19/h3-6,11-12,14H,7-10H2,1-2H3,(H,20,22). The molecule has 1 N–H and O–H groups in total. The maximum absolute atomic E-state index is 12.2. The molecular weight excluding hydrogens is 335 g/mol. The first-order chi connectivity index (χ1) is 10.8. The number of anilines is 1. The van der Waals surface area contributed by atoms with Gasteiger partial charge >= 0.3 is 0 Å². The molecule has 1 aromatic rings. The van der Waals surface area contributed by atoms with E-state index in [4.69, 9.17) is 27.9 Å². The Morgan fingerprint density at radius 1 is 1.30 bits per heavy atom. The maximum Gasteiger partial charge on any atom is 0.230 e. The van der Waals surface area contributed by atoms with Crippen LogP contribution in [0.15, 0.2) is 24.3 Å². The zero-order chi connectivity index (χ0) is 16.6. The number of para-hydroxylation sites is 1. The molecule has 0 spiro atoms. The van der Waals surface area contributed by atoms with E-state index in [-0.39, 0.29) is 24.0 Å². The molecule has 2 aliphatic rings. The van der Waals surface area contributed by atoms with Crippen LogP contribution in [0.2, 0.25) is 0 Å². The predicted molar refractivity (Wildman–Crippen MR) is 92.9 cm³/mol. The SMILES string of the molecule is CC1CN(Cc2ccccc2NC(=O)C2CC2(Cl)Cl)CC(C)O1. The molecule has 3 unspecified atom stereocenters. The van der Waals surface area contributed by atoms with Crippen molar-refractivity contribution < 1.29 is 9.53 Å². The number of carbonyl (C=O) groups is 1. The summed E-state index contributed by atoms with van der Waals surface area (Å²) in [5.41, 5.74) is 1.93. The summed E-state index contributed by atoms with van der Waals surface area (Å²) in [7, 11) is 0. The first kappa shape index (κ1) is 17.0. The quantitative estimate of drug-likeness (QED) is 0.840. The Kier molecular flexibility index (Phi) is 4.88. The number of morpholine rings is 1. The van der Waals surface area contributed by atoms with Crippen LogP contribution in [0.5, 0.6) is 0 Å². The lowest BCUT2D eigenvalue weighted by Crippen LogP contribution is -2.44. The number of hydrogen-bond donors (Lipinski definition) is 1. The molecule has 1 saturated carbocycles. The fourth-order valence-corrected chi connectivity index (χ4v) is 3.66. The molecule has 1 aliphatic carbocycles. The van der Waals surface area contributed by atoms with Gasteiger partial charge in [-0.25, -0.2) is 0 Å². The fourth-order valence-electron chi connectivity index (χ4n) is 3.15. The Morgan fingerprint density at radius 3 is 2.52 bits per heavy atom. The van der Waals surface area contributed by atoms with Gasteiger partial charge in [0.15, 0.2) is 0 Å². The van der Waals surface area contributed by atoms with Crippen molar-refractivity contribution in [1.29, 1.82) is 0 Å². The minimum absolute atomic E-state index is 0.105. The molecule has 1 aromatic carbocycles. The molecule has 4 nitrogen and oxygen atoms in total. The van der Waals surface area contributed by atoms with E-state index in [1.165, 1.54) is 0 Å². The van der Waals surface area contributed by atoms with Crippen LogP contribution in [0.4, 0.5) is 5.69 Å². The summed E-state index contributed by atoms with van der Waals surface area (Å²) in [5.74, 6) is -0.423. The van der Waals surface area contributed by atoms with E-state index < -0.39 is 4.33 Å². The van der Waals surface area contributed by atoms with Gasteiger partial charge in [0.1, 0.15) is 4.33 Å². The summed E-state index contributed by atoms with van der Waals surface area (Å²) in [4.78, 5) is 14.6. The molecule has 2 fully saturated rings. The molecule has 1 aliphatic heterocycles. The van der Waals surface area contributed by atoms with Crippen molar-refractivity contribution in [2.45, 2.75) is 43.4 Å².